The highest BCUT2D eigenvalue weighted by Gasteiger charge is 2.30. The molecule has 3 nitrogen and oxygen atoms in total. The monoisotopic (exact) mass is 303 g/mol. The van der Waals surface area contributed by atoms with Crippen LogP contribution in [0.15, 0.2) is 24.3 Å². The topological polar surface area (TPSA) is 41.5 Å². The normalized spacial score (nSPS) is 17.9. The van der Waals surface area contributed by atoms with Gasteiger partial charge in [-0.3, -0.25) is 0 Å². The van der Waals surface area contributed by atoms with Gasteiger partial charge in [0.05, 0.1) is 5.56 Å². The van der Waals surface area contributed by atoms with Crippen molar-refractivity contribution in [3.63, 3.8) is 0 Å². The van der Waals surface area contributed by atoms with E-state index in [1.54, 1.807) is 0 Å². The molecule has 0 saturated heterocycles. The highest BCUT2D eigenvalue weighted by Crippen LogP contribution is 2.31. The third kappa shape index (κ3) is 5.21. The number of benzene rings is 1. The number of aliphatic hydroxyl groups excluding tert-OH is 1. The number of halogens is 3. The lowest BCUT2D eigenvalue weighted by molar-refractivity contribution is -0.137. The molecule has 1 aliphatic rings. The van der Waals surface area contributed by atoms with Gasteiger partial charge >= 0.3 is 6.18 Å². The molecule has 0 heterocycles. The van der Waals surface area contributed by atoms with Gasteiger partial charge in [0.2, 0.25) is 0 Å². The molecule has 1 saturated carbocycles. The second-order valence-corrected chi connectivity index (χ2v) is 5.38. The lowest BCUT2D eigenvalue weighted by Crippen LogP contribution is -2.36. The highest BCUT2D eigenvalue weighted by molar-refractivity contribution is 5.30. The first-order chi connectivity index (χ1) is 9.95. The highest BCUT2D eigenvalue weighted by atomic mass is 19.4. The second-order valence-electron chi connectivity index (χ2n) is 5.38. The standard InChI is InChI=1S/C15H20F3NO2/c16-15(17,18)11-4-3-7-14(8-11)21-10-13(20)9-19-12-5-1-2-6-12/h3-4,7-8,12-13,19-20H,1-2,5-6,9-10H2. The lowest BCUT2D eigenvalue weighted by atomic mass is 10.2. The van der Waals surface area contributed by atoms with Crippen molar-refractivity contribution in [2.75, 3.05) is 13.2 Å². The minimum atomic E-state index is -4.39. The van der Waals surface area contributed by atoms with E-state index in [-0.39, 0.29) is 12.4 Å². The molecule has 21 heavy (non-hydrogen) atoms. The van der Waals surface area contributed by atoms with E-state index in [1.165, 1.54) is 25.0 Å². The van der Waals surface area contributed by atoms with Crippen molar-refractivity contribution in [3.8, 4) is 5.75 Å². The molecular weight excluding hydrogens is 283 g/mol. The molecule has 1 aromatic rings. The number of ether oxygens (including phenoxy) is 1. The van der Waals surface area contributed by atoms with Crippen LogP contribution in [0.5, 0.6) is 5.75 Å². The molecule has 0 aromatic heterocycles. The van der Waals surface area contributed by atoms with E-state index in [1.807, 2.05) is 0 Å². The molecule has 1 fully saturated rings. The van der Waals surface area contributed by atoms with Crippen LogP contribution in [0.2, 0.25) is 0 Å². The molecule has 1 unspecified atom stereocenters. The summed E-state index contributed by atoms with van der Waals surface area (Å²) in [6, 6.07) is 5.11. The van der Waals surface area contributed by atoms with Crippen LogP contribution in [0.4, 0.5) is 13.2 Å². The summed E-state index contributed by atoms with van der Waals surface area (Å²) in [6.07, 6.45) is -0.493. The first-order valence-corrected chi connectivity index (χ1v) is 7.16. The van der Waals surface area contributed by atoms with Gasteiger partial charge in [0.15, 0.2) is 0 Å². The Bertz CT molecular complexity index is 445. The number of aliphatic hydroxyl groups is 1. The fourth-order valence-electron chi connectivity index (χ4n) is 2.45. The summed E-state index contributed by atoms with van der Waals surface area (Å²) in [6.45, 7) is 0.366. The van der Waals surface area contributed by atoms with Crippen molar-refractivity contribution >= 4 is 0 Å². The Balaban J connectivity index is 1.76. The summed E-state index contributed by atoms with van der Waals surface area (Å²) >= 11 is 0. The second kappa shape index (κ2) is 7.13. The van der Waals surface area contributed by atoms with Crippen LogP contribution < -0.4 is 10.1 Å². The van der Waals surface area contributed by atoms with Crippen LogP contribution in [-0.2, 0) is 6.18 Å². The Morgan fingerprint density at radius 3 is 2.67 bits per heavy atom. The van der Waals surface area contributed by atoms with E-state index in [0.717, 1.165) is 25.0 Å². The lowest BCUT2D eigenvalue weighted by Gasteiger charge is -2.17. The van der Waals surface area contributed by atoms with Crippen molar-refractivity contribution in [3.05, 3.63) is 29.8 Å². The average molecular weight is 303 g/mol. The Hall–Kier alpha value is -1.27. The molecule has 0 spiro atoms. The van der Waals surface area contributed by atoms with Gasteiger partial charge in [-0.25, -0.2) is 0 Å². The van der Waals surface area contributed by atoms with Crippen LogP contribution in [0.1, 0.15) is 31.2 Å². The maximum atomic E-state index is 12.5. The van der Waals surface area contributed by atoms with Crippen molar-refractivity contribution in [2.24, 2.45) is 0 Å². The molecule has 118 valence electrons. The molecular formula is C15H20F3NO2. The minimum absolute atomic E-state index is 0.0268. The van der Waals surface area contributed by atoms with E-state index < -0.39 is 17.8 Å². The molecule has 0 amide bonds. The summed E-state index contributed by atoms with van der Waals surface area (Å²) in [7, 11) is 0. The molecule has 1 aliphatic carbocycles. The molecule has 2 rings (SSSR count). The predicted molar refractivity (Wildman–Crippen MR) is 73.2 cm³/mol. The summed E-state index contributed by atoms with van der Waals surface area (Å²) in [5.74, 6) is 0.116. The van der Waals surface area contributed by atoms with Crippen LogP contribution >= 0.6 is 0 Å². The molecule has 1 aromatic carbocycles. The SMILES string of the molecule is OC(CNC1CCCC1)COc1cccc(C(F)(F)F)c1. The molecule has 0 aliphatic heterocycles. The van der Waals surface area contributed by atoms with E-state index in [4.69, 9.17) is 4.74 Å². The number of alkyl halides is 3. The maximum Gasteiger partial charge on any atom is 0.416 e. The van der Waals surface area contributed by atoms with Gasteiger partial charge in [0.25, 0.3) is 0 Å². The Kier molecular flexibility index (Phi) is 5.47. The maximum absolute atomic E-state index is 12.5. The zero-order valence-corrected chi connectivity index (χ0v) is 11.7. The Morgan fingerprint density at radius 2 is 2.00 bits per heavy atom. The first kappa shape index (κ1) is 16.1. The van der Waals surface area contributed by atoms with Gasteiger partial charge in [-0.05, 0) is 31.0 Å². The van der Waals surface area contributed by atoms with Gasteiger partial charge in [-0.1, -0.05) is 18.9 Å². The van der Waals surface area contributed by atoms with E-state index in [9.17, 15) is 18.3 Å². The van der Waals surface area contributed by atoms with Crippen LogP contribution in [0.25, 0.3) is 0 Å². The fourth-order valence-corrected chi connectivity index (χ4v) is 2.45. The van der Waals surface area contributed by atoms with Crippen molar-refractivity contribution in [2.45, 2.75) is 44.0 Å². The van der Waals surface area contributed by atoms with Crippen molar-refractivity contribution in [1.29, 1.82) is 0 Å². The molecule has 6 heteroatoms. The predicted octanol–water partition coefficient (Wildman–Crippen LogP) is 2.98. The van der Waals surface area contributed by atoms with E-state index in [0.29, 0.717) is 12.6 Å². The number of hydrogen-bond donors (Lipinski definition) is 2. The zero-order chi connectivity index (χ0) is 15.3. The van der Waals surface area contributed by atoms with Crippen molar-refractivity contribution in [1.82, 2.24) is 5.32 Å². The van der Waals surface area contributed by atoms with Crippen LogP contribution in [0, 0.1) is 0 Å². The van der Waals surface area contributed by atoms with Gasteiger partial charge in [0, 0.05) is 12.6 Å². The van der Waals surface area contributed by atoms with Crippen molar-refractivity contribution < 1.29 is 23.0 Å². The summed E-state index contributed by atoms with van der Waals surface area (Å²) < 4.78 is 42.9. The molecule has 2 N–H and O–H groups in total. The largest absolute Gasteiger partial charge is 0.491 e. The molecule has 0 bridgehead atoms. The fraction of sp³-hybridized carbons (Fsp3) is 0.600. The Labute approximate surface area is 122 Å². The van der Waals surface area contributed by atoms with E-state index in [2.05, 4.69) is 5.32 Å². The number of hydrogen-bond acceptors (Lipinski definition) is 3. The smallest absolute Gasteiger partial charge is 0.416 e. The first-order valence-electron chi connectivity index (χ1n) is 7.16. The average Bonchev–Trinajstić information content (AvgIpc) is 2.95. The molecule has 1 atom stereocenters. The van der Waals surface area contributed by atoms with Crippen LogP contribution in [0.3, 0.4) is 0 Å². The third-order valence-electron chi connectivity index (χ3n) is 3.60. The number of nitrogens with one attached hydrogen (secondary N) is 1. The summed E-state index contributed by atoms with van der Waals surface area (Å²) in [4.78, 5) is 0. The van der Waals surface area contributed by atoms with Gasteiger partial charge in [0.1, 0.15) is 18.5 Å². The minimum Gasteiger partial charge on any atom is -0.491 e. The van der Waals surface area contributed by atoms with Gasteiger partial charge in [-0.2, -0.15) is 13.2 Å². The zero-order valence-electron chi connectivity index (χ0n) is 11.7. The summed E-state index contributed by atoms with van der Waals surface area (Å²) in [5.41, 5.74) is -0.751. The van der Waals surface area contributed by atoms with Crippen LogP contribution in [-0.4, -0.2) is 30.4 Å². The molecule has 0 radical (unpaired) electrons. The number of rotatable bonds is 6. The van der Waals surface area contributed by atoms with Gasteiger partial charge < -0.3 is 15.2 Å². The third-order valence-corrected chi connectivity index (χ3v) is 3.60. The summed E-state index contributed by atoms with van der Waals surface area (Å²) in [5, 5.41) is 13.0. The quantitative estimate of drug-likeness (QED) is 0.849. The van der Waals surface area contributed by atoms with E-state index >= 15 is 0 Å². The Morgan fingerprint density at radius 1 is 1.29 bits per heavy atom. The van der Waals surface area contributed by atoms with Gasteiger partial charge in [-0.15, -0.1) is 0 Å².